The maximum atomic E-state index is 13.4. The molecule has 2 aromatic rings. The normalized spacial score (nSPS) is 22.3. The first-order valence-corrected chi connectivity index (χ1v) is 12.4. The lowest BCUT2D eigenvalue weighted by Crippen LogP contribution is -2.49. The third-order valence-electron chi connectivity index (χ3n) is 6.60. The van der Waals surface area contributed by atoms with E-state index in [1.54, 1.807) is 19.9 Å². The van der Waals surface area contributed by atoms with E-state index >= 15 is 0 Å². The molecule has 3 aliphatic heterocycles. The van der Waals surface area contributed by atoms with Crippen molar-refractivity contribution in [1.82, 2.24) is 20.3 Å². The fraction of sp³-hybridized carbons (Fsp3) is 0.542. The highest BCUT2D eigenvalue weighted by atomic mass is 19.4. The number of amides is 3. The van der Waals surface area contributed by atoms with Crippen molar-refractivity contribution in [2.45, 2.75) is 57.3 Å². The van der Waals surface area contributed by atoms with Crippen molar-refractivity contribution in [3.63, 3.8) is 0 Å². The van der Waals surface area contributed by atoms with Crippen LogP contribution in [0, 0.1) is 0 Å². The van der Waals surface area contributed by atoms with E-state index in [2.05, 4.69) is 20.3 Å². The molecule has 0 saturated carbocycles. The molecule has 2 saturated heterocycles. The second-order valence-corrected chi connectivity index (χ2v) is 9.97. The van der Waals surface area contributed by atoms with Crippen LogP contribution in [-0.4, -0.2) is 83.3 Å². The number of pyridine rings is 1. The number of hydrogen-bond acceptors (Lipinski definition) is 9. The fourth-order valence-electron chi connectivity index (χ4n) is 4.63. The highest BCUT2D eigenvalue weighted by Crippen LogP contribution is 2.39. The highest BCUT2D eigenvalue weighted by molar-refractivity contribution is 6.05. The second-order valence-electron chi connectivity index (χ2n) is 9.97. The summed E-state index contributed by atoms with van der Waals surface area (Å²) in [7, 11) is 0. The number of hydrogen-bond donors (Lipinski definition) is 2. The average Bonchev–Trinajstić information content (AvgIpc) is 3.45. The Morgan fingerprint density at radius 3 is 2.79 bits per heavy atom. The van der Waals surface area contributed by atoms with Crippen LogP contribution in [0.25, 0.3) is 0 Å². The predicted molar refractivity (Wildman–Crippen MR) is 132 cm³/mol. The summed E-state index contributed by atoms with van der Waals surface area (Å²) in [6.07, 6.45) is -2.99. The van der Waals surface area contributed by atoms with E-state index in [0.29, 0.717) is 31.8 Å². The van der Waals surface area contributed by atoms with Gasteiger partial charge >= 0.3 is 12.2 Å². The molecule has 2 N–H and O–H groups in total. The number of anilines is 3. The number of carbonyl (C=O) groups is 2. The van der Waals surface area contributed by atoms with Crippen molar-refractivity contribution in [2.24, 2.45) is 0 Å². The number of nitrogens with one attached hydrogen (secondary N) is 2. The van der Waals surface area contributed by atoms with E-state index in [-0.39, 0.29) is 42.0 Å². The molecule has 210 valence electrons. The summed E-state index contributed by atoms with van der Waals surface area (Å²) >= 11 is 0. The van der Waals surface area contributed by atoms with Gasteiger partial charge in [-0.15, -0.1) is 0 Å². The molecule has 3 aliphatic rings. The van der Waals surface area contributed by atoms with Gasteiger partial charge in [0, 0.05) is 19.2 Å². The van der Waals surface area contributed by atoms with Crippen molar-refractivity contribution in [3.8, 4) is 5.88 Å². The first-order chi connectivity index (χ1) is 18.4. The molecule has 0 aliphatic carbocycles. The van der Waals surface area contributed by atoms with Crippen LogP contribution < -0.4 is 25.2 Å². The van der Waals surface area contributed by atoms with E-state index in [1.165, 1.54) is 23.4 Å². The van der Waals surface area contributed by atoms with Crippen LogP contribution in [0.3, 0.4) is 0 Å². The molecular formula is C24H28F3N7O5. The van der Waals surface area contributed by atoms with Crippen LogP contribution in [0.1, 0.15) is 37.7 Å². The Morgan fingerprint density at radius 1 is 1.28 bits per heavy atom. The van der Waals surface area contributed by atoms with E-state index in [1.807, 2.05) is 10.2 Å². The monoisotopic (exact) mass is 551 g/mol. The number of halogens is 3. The molecule has 39 heavy (non-hydrogen) atoms. The number of alkyl halides is 3. The summed E-state index contributed by atoms with van der Waals surface area (Å²) in [6, 6.07) is 1.52. The molecule has 2 bridgehead atoms. The van der Waals surface area contributed by atoms with Crippen molar-refractivity contribution in [2.75, 3.05) is 41.4 Å². The van der Waals surface area contributed by atoms with Gasteiger partial charge in [0.25, 0.3) is 5.91 Å². The van der Waals surface area contributed by atoms with Gasteiger partial charge in [-0.2, -0.15) is 13.2 Å². The van der Waals surface area contributed by atoms with Gasteiger partial charge < -0.3 is 24.4 Å². The standard InChI is InChI=1S/C24H28F3N7O5/c1-13(24(25,26)27)30-21(35)16-4-5-17-20(31-16)34(14-6-7-33(17)9-14)22(36)32-18-8-19(29-12-28-18)37-10-15-11-38-23(2,3)39-15/h4-5,8,12-15H,6-7,9-11H2,1-3H3,(H,30,35)(H,28,29,32,36)/t13?,14-,15+/m0/s1. The van der Waals surface area contributed by atoms with E-state index in [9.17, 15) is 22.8 Å². The summed E-state index contributed by atoms with van der Waals surface area (Å²) in [5, 5.41) is 4.61. The summed E-state index contributed by atoms with van der Waals surface area (Å²) < 4.78 is 55.7. The minimum absolute atomic E-state index is 0.170. The quantitative estimate of drug-likeness (QED) is 0.556. The van der Waals surface area contributed by atoms with E-state index in [0.717, 1.165) is 6.92 Å². The molecule has 3 amide bonds. The minimum atomic E-state index is -4.60. The first-order valence-electron chi connectivity index (χ1n) is 12.4. The van der Waals surface area contributed by atoms with Gasteiger partial charge in [0.1, 0.15) is 36.6 Å². The Balaban J connectivity index is 1.31. The Kier molecular flexibility index (Phi) is 6.97. The molecule has 1 unspecified atom stereocenters. The number of aromatic nitrogens is 3. The third-order valence-corrected chi connectivity index (χ3v) is 6.60. The molecule has 0 aromatic carbocycles. The third kappa shape index (κ3) is 5.83. The second kappa shape index (κ2) is 10.1. The van der Waals surface area contributed by atoms with Crippen molar-refractivity contribution in [3.05, 3.63) is 30.2 Å². The van der Waals surface area contributed by atoms with Crippen LogP contribution in [-0.2, 0) is 9.47 Å². The van der Waals surface area contributed by atoms with E-state index < -0.39 is 29.9 Å². The molecule has 3 atom stereocenters. The highest BCUT2D eigenvalue weighted by Gasteiger charge is 2.41. The summed E-state index contributed by atoms with van der Waals surface area (Å²) in [4.78, 5) is 41.8. The molecule has 15 heteroatoms. The predicted octanol–water partition coefficient (Wildman–Crippen LogP) is 2.71. The SMILES string of the molecule is CC(NC(=O)c1ccc2c(n1)N(C(=O)Nc1cc(OC[C@@H]3COC(C)(C)O3)ncn1)[C@H]1CCN2C1)C(F)(F)F. The maximum absolute atomic E-state index is 13.4. The Hall–Kier alpha value is -3.72. The average molecular weight is 552 g/mol. The molecule has 0 spiro atoms. The van der Waals surface area contributed by atoms with Gasteiger partial charge in [0.05, 0.1) is 18.3 Å². The number of urea groups is 1. The zero-order chi connectivity index (χ0) is 27.9. The minimum Gasteiger partial charge on any atom is -0.475 e. The van der Waals surface area contributed by atoms with Crippen LogP contribution in [0.5, 0.6) is 5.88 Å². The number of carbonyl (C=O) groups excluding carboxylic acids is 2. The molecule has 2 aromatic heterocycles. The number of rotatable bonds is 6. The summed E-state index contributed by atoms with van der Waals surface area (Å²) in [5.74, 6) is -1.11. The zero-order valence-corrected chi connectivity index (χ0v) is 21.5. The van der Waals surface area contributed by atoms with Crippen LogP contribution in [0.4, 0.5) is 35.3 Å². The van der Waals surface area contributed by atoms with Gasteiger partial charge in [-0.25, -0.2) is 19.7 Å². The molecular weight excluding hydrogens is 523 g/mol. The fourth-order valence-corrected chi connectivity index (χ4v) is 4.63. The summed E-state index contributed by atoms with van der Waals surface area (Å²) in [6.45, 7) is 6.23. The summed E-state index contributed by atoms with van der Waals surface area (Å²) in [5.41, 5.74) is 0.372. The Bertz CT molecular complexity index is 1260. The number of fused-ring (bicyclic) bond motifs is 4. The van der Waals surface area contributed by atoms with Gasteiger partial charge in [-0.05, 0) is 39.3 Å². The van der Waals surface area contributed by atoms with Gasteiger partial charge in [0.2, 0.25) is 5.88 Å². The molecule has 0 radical (unpaired) electrons. The van der Waals surface area contributed by atoms with Gasteiger partial charge in [0.15, 0.2) is 11.6 Å². The Morgan fingerprint density at radius 2 is 2.08 bits per heavy atom. The molecule has 5 heterocycles. The van der Waals surface area contributed by atoms with Gasteiger partial charge in [-0.1, -0.05) is 0 Å². The van der Waals surface area contributed by atoms with Crippen LogP contribution >= 0.6 is 0 Å². The first kappa shape index (κ1) is 26.9. The van der Waals surface area contributed by atoms with Crippen LogP contribution in [0.2, 0.25) is 0 Å². The number of nitrogens with zero attached hydrogens (tertiary/aromatic N) is 5. The van der Waals surface area contributed by atoms with Crippen molar-refractivity contribution in [1.29, 1.82) is 0 Å². The lowest BCUT2D eigenvalue weighted by molar-refractivity contribution is -0.149. The van der Waals surface area contributed by atoms with Crippen molar-refractivity contribution < 1.29 is 37.0 Å². The molecule has 12 nitrogen and oxygen atoms in total. The molecule has 2 fully saturated rings. The van der Waals surface area contributed by atoms with Crippen LogP contribution in [0.15, 0.2) is 24.5 Å². The Labute approximate surface area is 221 Å². The smallest absolute Gasteiger partial charge is 0.408 e. The largest absolute Gasteiger partial charge is 0.475 e. The van der Waals surface area contributed by atoms with E-state index in [4.69, 9.17) is 14.2 Å². The lowest BCUT2D eigenvalue weighted by atomic mass is 10.1. The van der Waals surface area contributed by atoms with Gasteiger partial charge in [-0.3, -0.25) is 15.0 Å². The number of ether oxygens (including phenoxy) is 3. The topological polar surface area (TPSA) is 131 Å². The maximum Gasteiger partial charge on any atom is 0.408 e. The molecule has 5 rings (SSSR count). The lowest BCUT2D eigenvalue weighted by Gasteiger charge is -2.35. The zero-order valence-electron chi connectivity index (χ0n) is 21.5. The van der Waals surface area contributed by atoms with Crippen molar-refractivity contribution >= 4 is 29.3 Å².